The molecule has 2 atom stereocenters. The first kappa shape index (κ1) is 15.6. The molecule has 4 heteroatoms. The SMILES string of the molecule is CC(C)Cn1cc(C(=O)N2CCCCC3CCCCC32)cn1. The average Bonchev–Trinajstić information content (AvgIpc) is 2.84. The average molecular weight is 303 g/mol. The van der Waals surface area contributed by atoms with Gasteiger partial charge in [0.1, 0.15) is 0 Å². The van der Waals surface area contributed by atoms with Gasteiger partial charge in [-0.05, 0) is 37.5 Å². The van der Waals surface area contributed by atoms with E-state index in [-0.39, 0.29) is 5.91 Å². The third-order valence-electron chi connectivity index (χ3n) is 5.19. The van der Waals surface area contributed by atoms with E-state index < -0.39 is 0 Å². The van der Waals surface area contributed by atoms with Crippen molar-refractivity contribution in [1.82, 2.24) is 14.7 Å². The smallest absolute Gasteiger partial charge is 0.257 e. The normalized spacial score (nSPS) is 25.9. The van der Waals surface area contributed by atoms with Crippen molar-refractivity contribution in [3.8, 4) is 0 Å². The molecule has 122 valence electrons. The predicted octanol–water partition coefficient (Wildman–Crippen LogP) is 3.72. The van der Waals surface area contributed by atoms with Crippen LogP contribution in [0.15, 0.2) is 12.4 Å². The van der Waals surface area contributed by atoms with E-state index in [9.17, 15) is 4.79 Å². The van der Waals surface area contributed by atoms with E-state index in [1.807, 2.05) is 10.9 Å². The summed E-state index contributed by atoms with van der Waals surface area (Å²) >= 11 is 0. The second-order valence-corrected chi connectivity index (χ2v) is 7.45. The molecule has 1 aliphatic heterocycles. The summed E-state index contributed by atoms with van der Waals surface area (Å²) < 4.78 is 1.91. The molecule has 0 radical (unpaired) electrons. The van der Waals surface area contributed by atoms with Gasteiger partial charge in [0.2, 0.25) is 0 Å². The number of carbonyl (C=O) groups excluding carboxylic acids is 1. The summed E-state index contributed by atoms with van der Waals surface area (Å²) in [5, 5.41) is 4.37. The van der Waals surface area contributed by atoms with Crippen LogP contribution in [0.1, 0.15) is 69.2 Å². The molecule has 1 saturated carbocycles. The fourth-order valence-corrected chi connectivity index (χ4v) is 4.16. The van der Waals surface area contributed by atoms with Gasteiger partial charge in [0.25, 0.3) is 5.91 Å². The Morgan fingerprint density at radius 1 is 1.23 bits per heavy atom. The molecule has 1 aromatic heterocycles. The highest BCUT2D eigenvalue weighted by Gasteiger charge is 2.34. The molecular weight excluding hydrogens is 274 g/mol. The largest absolute Gasteiger partial charge is 0.335 e. The van der Waals surface area contributed by atoms with Gasteiger partial charge in [-0.25, -0.2) is 0 Å². The van der Waals surface area contributed by atoms with Gasteiger partial charge in [-0.1, -0.05) is 33.1 Å². The quantitative estimate of drug-likeness (QED) is 0.853. The first-order valence-corrected chi connectivity index (χ1v) is 8.98. The van der Waals surface area contributed by atoms with Crippen molar-refractivity contribution in [1.29, 1.82) is 0 Å². The highest BCUT2D eigenvalue weighted by Crippen LogP contribution is 2.35. The van der Waals surface area contributed by atoms with E-state index in [4.69, 9.17) is 0 Å². The Morgan fingerprint density at radius 3 is 2.73 bits per heavy atom. The standard InChI is InChI=1S/C18H29N3O/c1-14(2)12-20-13-16(11-19-20)18(22)21-10-6-5-8-15-7-3-4-9-17(15)21/h11,13-15,17H,3-10,12H2,1-2H3. The van der Waals surface area contributed by atoms with Crippen molar-refractivity contribution >= 4 is 5.91 Å². The Kier molecular flexibility index (Phi) is 4.84. The molecule has 0 bridgehead atoms. The lowest BCUT2D eigenvalue weighted by molar-refractivity contribution is 0.0569. The zero-order valence-corrected chi connectivity index (χ0v) is 14.0. The van der Waals surface area contributed by atoms with Crippen LogP contribution < -0.4 is 0 Å². The van der Waals surface area contributed by atoms with E-state index in [2.05, 4.69) is 23.8 Å². The van der Waals surface area contributed by atoms with Crippen molar-refractivity contribution in [2.45, 2.75) is 71.4 Å². The molecule has 3 rings (SSSR count). The fraction of sp³-hybridized carbons (Fsp3) is 0.778. The molecule has 1 amide bonds. The van der Waals surface area contributed by atoms with Gasteiger partial charge in [-0.3, -0.25) is 9.48 Å². The predicted molar refractivity (Wildman–Crippen MR) is 87.7 cm³/mol. The number of aromatic nitrogens is 2. The number of fused-ring (bicyclic) bond motifs is 1. The van der Waals surface area contributed by atoms with Crippen molar-refractivity contribution < 1.29 is 4.79 Å². The second-order valence-electron chi connectivity index (χ2n) is 7.45. The van der Waals surface area contributed by atoms with E-state index in [1.54, 1.807) is 6.20 Å². The highest BCUT2D eigenvalue weighted by molar-refractivity contribution is 5.94. The number of amides is 1. The number of nitrogens with zero attached hydrogens (tertiary/aromatic N) is 3. The number of carbonyl (C=O) groups is 1. The van der Waals surface area contributed by atoms with E-state index in [0.29, 0.717) is 12.0 Å². The lowest BCUT2D eigenvalue weighted by Crippen LogP contribution is -2.45. The van der Waals surface area contributed by atoms with Gasteiger partial charge in [0.15, 0.2) is 0 Å². The van der Waals surface area contributed by atoms with Crippen molar-refractivity contribution in [3.05, 3.63) is 18.0 Å². The zero-order chi connectivity index (χ0) is 15.5. The Labute approximate surface area is 133 Å². The van der Waals surface area contributed by atoms with Gasteiger partial charge >= 0.3 is 0 Å². The van der Waals surface area contributed by atoms with Crippen LogP contribution in [0.2, 0.25) is 0 Å². The molecule has 2 heterocycles. The maximum Gasteiger partial charge on any atom is 0.257 e. The Hall–Kier alpha value is -1.32. The third-order valence-corrected chi connectivity index (χ3v) is 5.19. The summed E-state index contributed by atoms with van der Waals surface area (Å²) in [5.41, 5.74) is 0.770. The van der Waals surface area contributed by atoms with Crippen LogP contribution in [-0.2, 0) is 6.54 Å². The zero-order valence-electron chi connectivity index (χ0n) is 14.0. The highest BCUT2D eigenvalue weighted by atomic mass is 16.2. The summed E-state index contributed by atoms with van der Waals surface area (Å²) in [7, 11) is 0. The van der Waals surface area contributed by atoms with Gasteiger partial charge in [-0.15, -0.1) is 0 Å². The Balaban J connectivity index is 1.75. The molecule has 2 unspecified atom stereocenters. The third kappa shape index (κ3) is 3.36. The maximum atomic E-state index is 13.0. The minimum atomic E-state index is 0.203. The number of likely N-dealkylation sites (tertiary alicyclic amines) is 1. The molecule has 1 aliphatic carbocycles. The van der Waals surface area contributed by atoms with Crippen LogP contribution in [0, 0.1) is 11.8 Å². The summed E-state index contributed by atoms with van der Waals surface area (Å²) in [4.78, 5) is 15.2. The second kappa shape index (κ2) is 6.84. The lowest BCUT2D eigenvalue weighted by Gasteiger charge is -2.38. The lowest BCUT2D eigenvalue weighted by atomic mass is 9.81. The molecule has 2 fully saturated rings. The summed E-state index contributed by atoms with van der Waals surface area (Å²) in [6.07, 6.45) is 12.5. The fourth-order valence-electron chi connectivity index (χ4n) is 4.16. The molecule has 0 aromatic carbocycles. The number of hydrogen-bond donors (Lipinski definition) is 0. The van der Waals surface area contributed by atoms with Crippen molar-refractivity contribution in [3.63, 3.8) is 0 Å². The van der Waals surface area contributed by atoms with Crippen LogP contribution in [0.5, 0.6) is 0 Å². The summed E-state index contributed by atoms with van der Waals surface area (Å²) in [5.74, 6) is 1.48. The first-order chi connectivity index (χ1) is 10.6. The van der Waals surface area contributed by atoms with Crippen LogP contribution in [0.3, 0.4) is 0 Å². The number of hydrogen-bond acceptors (Lipinski definition) is 2. The van der Waals surface area contributed by atoms with Crippen LogP contribution in [-0.4, -0.2) is 33.2 Å². The van der Waals surface area contributed by atoms with Crippen molar-refractivity contribution in [2.75, 3.05) is 6.54 Å². The Bertz CT molecular complexity index is 508. The van der Waals surface area contributed by atoms with E-state index in [0.717, 1.165) is 31.0 Å². The Morgan fingerprint density at radius 2 is 1.95 bits per heavy atom. The first-order valence-electron chi connectivity index (χ1n) is 8.98. The molecule has 0 N–H and O–H groups in total. The monoisotopic (exact) mass is 303 g/mol. The van der Waals surface area contributed by atoms with Gasteiger partial charge in [-0.2, -0.15) is 5.10 Å². The van der Waals surface area contributed by atoms with Crippen LogP contribution in [0.4, 0.5) is 0 Å². The molecule has 0 spiro atoms. The minimum absolute atomic E-state index is 0.203. The molecule has 2 aliphatic rings. The van der Waals surface area contributed by atoms with E-state index >= 15 is 0 Å². The maximum absolute atomic E-state index is 13.0. The van der Waals surface area contributed by atoms with Crippen molar-refractivity contribution in [2.24, 2.45) is 11.8 Å². The minimum Gasteiger partial charge on any atom is -0.335 e. The van der Waals surface area contributed by atoms with Gasteiger partial charge < -0.3 is 4.90 Å². The summed E-state index contributed by atoms with van der Waals surface area (Å²) in [6.45, 7) is 6.14. The topological polar surface area (TPSA) is 38.1 Å². The molecule has 22 heavy (non-hydrogen) atoms. The van der Waals surface area contributed by atoms with Crippen LogP contribution >= 0.6 is 0 Å². The number of rotatable bonds is 3. The molecule has 1 saturated heterocycles. The van der Waals surface area contributed by atoms with Gasteiger partial charge in [0.05, 0.1) is 11.8 Å². The molecular formula is C18H29N3O. The molecule has 4 nitrogen and oxygen atoms in total. The molecule has 1 aromatic rings. The van der Waals surface area contributed by atoms with Crippen LogP contribution in [0.25, 0.3) is 0 Å². The van der Waals surface area contributed by atoms with Gasteiger partial charge in [0, 0.05) is 25.3 Å². The van der Waals surface area contributed by atoms with E-state index in [1.165, 1.54) is 38.5 Å². The summed E-state index contributed by atoms with van der Waals surface area (Å²) in [6, 6.07) is 0.470.